The van der Waals surface area contributed by atoms with Crippen LogP contribution in [0, 0.1) is 11.8 Å². The Morgan fingerprint density at radius 2 is 1.95 bits per heavy atom. The van der Waals surface area contributed by atoms with Gasteiger partial charge in [0.05, 0.1) is 18.1 Å². The van der Waals surface area contributed by atoms with Gasteiger partial charge >= 0.3 is 5.97 Å². The van der Waals surface area contributed by atoms with E-state index in [-0.39, 0.29) is 12.3 Å². The summed E-state index contributed by atoms with van der Waals surface area (Å²) in [5, 5.41) is 29.3. The molecule has 0 aromatic carbocycles. The summed E-state index contributed by atoms with van der Waals surface area (Å²) in [5.74, 6) is 0.0290. The van der Waals surface area contributed by atoms with Gasteiger partial charge in [-0.25, -0.2) is 0 Å². The molecule has 0 saturated heterocycles. The van der Waals surface area contributed by atoms with Crippen LogP contribution in [0.2, 0.25) is 0 Å². The highest BCUT2D eigenvalue weighted by atomic mass is 16.4. The highest BCUT2D eigenvalue weighted by Gasteiger charge is 2.35. The van der Waals surface area contributed by atoms with Crippen molar-refractivity contribution in [1.29, 1.82) is 0 Å². The Labute approximate surface area is 133 Å². The van der Waals surface area contributed by atoms with Crippen LogP contribution in [-0.4, -0.2) is 33.0 Å². The molecule has 2 saturated carbocycles. The Morgan fingerprint density at radius 1 is 1.23 bits per heavy atom. The third-order valence-corrected chi connectivity index (χ3v) is 5.29. The van der Waals surface area contributed by atoms with Crippen molar-refractivity contribution in [2.24, 2.45) is 11.8 Å². The molecule has 0 heterocycles. The second-order valence-electron chi connectivity index (χ2n) is 7.33. The van der Waals surface area contributed by atoms with Crippen molar-refractivity contribution in [3.05, 3.63) is 12.2 Å². The van der Waals surface area contributed by atoms with Gasteiger partial charge in [0.25, 0.3) is 0 Å². The first-order chi connectivity index (χ1) is 10.5. The number of hydrogen-bond donors (Lipinski definition) is 3. The van der Waals surface area contributed by atoms with Crippen molar-refractivity contribution in [1.82, 2.24) is 0 Å². The summed E-state index contributed by atoms with van der Waals surface area (Å²) in [6, 6.07) is 0. The largest absolute Gasteiger partial charge is 0.481 e. The molecule has 0 radical (unpaired) electrons. The lowest BCUT2D eigenvalue weighted by Gasteiger charge is -2.34. The van der Waals surface area contributed by atoms with Crippen LogP contribution < -0.4 is 0 Å². The average Bonchev–Trinajstić information content (AvgIpc) is 2.95. The maximum atomic E-state index is 10.8. The second-order valence-corrected chi connectivity index (χ2v) is 7.33. The third-order valence-electron chi connectivity index (χ3n) is 5.29. The Bertz CT molecular complexity index is 387. The number of aliphatic hydroxyl groups is 2. The van der Waals surface area contributed by atoms with Gasteiger partial charge in [-0.1, -0.05) is 37.8 Å². The molecule has 0 aromatic heterocycles. The number of allylic oxidation sites excluding steroid dienone is 1. The number of hydrogen-bond acceptors (Lipinski definition) is 3. The lowest BCUT2D eigenvalue weighted by Crippen LogP contribution is -2.37. The van der Waals surface area contributed by atoms with E-state index in [0.717, 1.165) is 31.6 Å². The minimum absolute atomic E-state index is 0.179. The zero-order valence-corrected chi connectivity index (χ0v) is 13.4. The predicted octanol–water partition coefficient (Wildman–Crippen LogP) is 3.27. The molecule has 0 amide bonds. The van der Waals surface area contributed by atoms with Crippen LogP contribution in [0.15, 0.2) is 12.2 Å². The summed E-state index contributed by atoms with van der Waals surface area (Å²) in [6.45, 7) is 0. The second kappa shape index (κ2) is 8.11. The molecule has 2 rings (SSSR count). The molecule has 2 aliphatic rings. The highest BCUT2D eigenvalue weighted by molar-refractivity contribution is 5.68. The van der Waals surface area contributed by atoms with Gasteiger partial charge in [0.2, 0.25) is 0 Å². The third kappa shape index (κ3) is 5.73. The number of carbonyl (C=O) groups is 1. The van der Waals surface area contributed by atoms with Crippen LogP contribution in [-0.2, 0) is 4.79 Å². The topological polar surface area (TPSA) is 77.8 Å². The molecule has 0 aliphatic heterocycles. The standard InChI is InChI=1S/C18H30O4/c19-16(9-7-14-4-1-2-5-14)10-8-15-6-3-11-18(22,12-15)13-17(20)21/h8,10,14-16,19,22H,1-7,9,11-13H2,(H,20,21)/b10-8+. The first-order valence-electron chi connectivity index (χ1n) is 8.77. The minimum atomic E-state index is -1.08. The van der Waals surface area contributed by atoms with Crippen LogP contribution in [0.4, 0.5) is 0 Å². The fourth-order valence-corrected chi connectivity index (χ4v) is 4.08. The molecular formula is C18H30O4. The molecule has 4 nitrogen and oxygen atoms in total. The molecule has 22 heavy (non-hydrogen) atoms. The van der Waals surface area contributed by atoms with E-state index in [0.29, 0.717) is 12.8 Å². The fraction of sp³-hybridized carbons (Fsp3) is 0.833. The van der Waals surface area contributed by atoms with Crippen LogP contribution in [0.1, 0.15) is 70.6 Å². The van der Waals surface area contributed by atoms with Gasteiger partial charge in [0.15, 0.2) is 0 Å². The summed E-state index contributed by atoms with van der Waals surface area (Å²) in [4.78, 5) is 10.8. The smallest absolute Gasteiger partial charge is 0.306 e. The molecule has 3 N–H and O–H groups in total. The maximum absolute atomic E-state index is 10.8. The first kappa shape index (κ1) is 17.5. The van der Waals surface area contributed by atoms with Crippen LogP contribution in [0.3, 0.4) is 0 Å². The fourth-order valence-electron chi connectivity index (χ4n) is 4.08. The molecule has 0 aromatic rings. The molecule has 3 unspecified atom stereocenters. The van der Waals surface area contributed by atoms with Crippen molar-refractivity contribution in [3.8, 4) is 0 Å². The van der Waals surface area contributed by atoms with E-state index in [4.69, 9.17) is 5.11 Å². The Balaban J connectivity index is 1.74. The lowest BCUT2D eigenvalue weighted by molar-refractivity contribution is -0.144. The van der Waals surface area contributed by atoms with Gasteiger partial charge in [0.1, 0.15) is 0 Å². The van der Waals surface area contributed by atoms with Gasteiger partial charge < -0.3 is 15.3 Å². The number of carboxylic acids is 1. The van der Waals surface area contributed by atoms with Crippen LogP contribution in [0.25, 0.3) is 0 Å². The Morgan fingerprint density at radius 3 is 2.64 bits per heavy atom. The van der Waals surface area contributed by atoms with Gasteiger partial charge in [-0.15, -0.1) is 0 Å². The zero-order valence-electron chi connectivity index (χ0n) is 13.4. The SMILES string of the molecule is O=C(O)CC1(O)CCCC(/C=C/C(O)CCC2CCCC2)C1. The summed E-state index contributed by atoms with van der Waals surface area (Å²) in [5.41, 5.74) is -1.08. The van der Waals surface area contributed by atoms with Crippen molar-refractivity contribution >= 4 is 5.97 Å². The lowest BCUT2D eigenvalue weighted by atomic mass is 9.76. The van der Waals surface area contributed by atoms with Gasteiger partial charge in [-0.05, 0) is 50.4 Å². The predicted molar refractivity (Wildman–Crippen MR) is 85.5 cm³/mol. The molecular weight excluding hydrogens is 280 g/mol. The van der Waals surface area contributed by atoms with E-state index in [1.807, 2.05) is 12.2 Å². The molecule has 3 atom stereocenters. The van der Waals surface area contributed by atoms with E-state index >= 15 is 0 Å². The number of carboxylic acid groups (broad SMARTS) is 1. The quantitative estimate of drug-likeness (QED) is 0.631. The summed E-state index contributed by atoms with van der Waals surface area (Å²) in [7, 11) is 0. The van der Waals surface area contributed by atoms with Gasteiger partial charge in [-0.3, -0.25) is 4.79 Å². The molecule has 0 bridgehead atoms. The molecule has 2 fully saturated rings. The Hall–Kier alpha value is -0.870. The number of rotatable bonds is 7. The molecule has 2 aliphatic carbocycles. The van der Waals surface area contributed by atoms with Gasteiger partial charge in [0, 0.05) is 0 Å². The Kier molecular flexibility index (Phi) is 6.45. The van der Waals surface area contributed by atoms with Crippen molar-refractivity contribution in [2.75, 3.05) is 0 Å². The maximum Gasteiger partial charge on any atom is 0.306 e. The van der Waals surface area contributed by atoms with Crippen molar-refractivity contribution in [3.63, 3.8) is 0 Å². The molecule has 0 spiro atoms. The van der Waals surface area contributed by atoms with Crippen LogP contribution >= 0.6 is 0 Å². The first-order valence-corrected chi connectivity index (χ1v) is 8.77. The zero-order chi connectivity index (χ0) is 16.0. The summed E-state index contributed by atoms with van der Waals surface area (Å²) in [6.07, 6.45) is 13.3. The normalized spacial score (nSPS) is 31.6. The monoisotopic (exact) mass is 310 g/mol. The molecule has 4 heteroatoms. The summed E-state index contributed by atoms with van der Waals surface area (Å²) >= 11 is 0. The minimum Gasteiger partial charge on any atom is -0.481 e. The van der Waals surface area contributed by atoms with E-state index in [1.54, 1.807) is 0 Å². The number of aliphatic hydroxyl groups excluding tert-OH is 1. The van der Waals surface area contributed by atoms with E-state index in [2.05, 4.69) is 0 Å². The molecule has 126 valence electrons. The van der Waals surface area contributed by atoms with E-state index in [9.17, 15) is 15.0 Å². The van der Waals surface area contributed by atoms with Crippen LogP contribution in [0.5, 0.6) is 0 Å². The summed E-state index contributed by atoms with van der Waals surface area (Å²) < 4.78 is 0. The van der Waals surface area contributed by atoms with Crippen molar-refractivity contribution in [2.45, 2.75) is 82.3 Å². The van der Waals surface area contributed by atoms with E-state index < -0.39 is 17.7 Å². The average molecular weight is 310 g/mol. The highest BCUT2D eigenvalue weighted by Crippen LogP contribution is 2.35. The van der Waals surface area contributed by atoms with Crippen molar-refractivity contribution < 1.29 is 20.1 Å². The van der Waals surface area contributed by atoms with Gasteiger partial charge in [-0.2, -0.15) is 0 Å². The van der Waals surface area contributed by atoms with E-state index in [1.165, 1.54) is 25.7 Å². The number of aliphatic carboxylic acids is 1.